The summed E-state index contributed by atoms with van der Waals surface area (Å²) in [7, 11) is 3.11. The smallest absolute Gasteiger partial charge is 0.252 e. The topological polar surface area (TPSA) is 98.2 Å². The van der Waals surface area contributed by atoms with Gasteiger partial charge in [-0.15, -0.1) is 0 Å². The van der Waals surface area contributed by atoms with Crippen LogP contribution in [0.15, 0.2) is 46.0 Å². The van der Waals surface area contributed by atoms with Gasteiger partial charge in [0.2, 0.25) is 5.91 Å². The van der Waals surface area contributed by atoms with Crippen LogP contribution in [0.1, 0.15) is 33.3 Å². The minimum absolute atomic E-state index is 0.0222. The number of hydrogen-bond acceptors (Lipinski definition) is 6. The number of carbonyl (C=O) groups excluding carboxylic acids is 2. The van der Waals surface area contributed by atoms with E-state index in [1.54, 1.807) is 64.5 Å². The Morgan fingerprint density at radius 1 is 1.00 bits per heavy atom. The lowest BCUT2D eigenvalue weighted by molar-refractivity contribution is -0.134. The van der Waals surface area contributed by atoms with E-state index in [0.29, 0.717) is 33.0 Å². The van der Waals surface area contributed by atoms with Gasteiger partial charge in [0.05, 0.1) is 31.0 Å². The monoisotopic (exact) mass is 519 g/mol. The fourth-order valence-electron chi connectivity index (χ4n) is 3.02. The number of ether oxygens (including phenoxy) is 3. The number of halogens is 1. The predicted molar refractivity (Wildman–Crippen MR) is 132 cm³/mol. The standard InChI is InChI=1S/C24H30BrN3O5/c1-14(2)21(23(29)27-17-7-9-18(31-5)10-8-17)24(30)28-26-13-16-11-19(25)22(33-15(3)4)20(12-16)32-6/h7-15,21H,1-6H3,(H,27,29)(H,28,30). The van der Waals surface area contributed by atoms with Crippen LogP contribution in [0, 0.1) is 11.8 Å². The van der Waals surface area contributed by atoms with Gasteiger partial charge in [0.1, 0.15) is 11.7 Å². The van der Waals surface area contributed by atoms with Gasteiger partial charge >= 0.3 is 0 Å². The van der Waals surface area contributed by atoms with Gasteiger partial charge in [-0.1, -0.05) is 13.8 Å². The minimum Gasteiger partial charge on any atom is -0.497 e. The normalized spacial score (nSPS) is 12.0. The summed E-state index contributed by atoms with van der Waals surface area (Å²) in [5, 5.41) is 6.79. The molecule has 0 fully saturated rings. The molecule has 2 rings (SSSR count). The molecule has 0 bridgehead atoms. The van der Waals surface area contributed by atoms with Crippen LogP contribution in [-0.2, 0) is 9.59 Å². The van der Waals surface area contributed by atoms with Crippen molar-refractivity contribution >= 4 is 39.6 Å². The Hall–Kier alpha value is -3.07. The van der Waals surface area contributed by atoms with E-state index in [1.807, 2.05) is 13.8 Å². The van der Waals surface area contributed by atoms with Gasteiger partial charge in [0, 0.05) is 5.69 Å². The first-order valence-electron chi connectivity index (χ1n) is 10.5. The summed E-state index contributed by atoms with van der Waals surface area (Å²) in [6.45, 7) is 7.45. The molecule has 1 unspecified atom stereocenters. The summed E-state index contributed by atoms with van der Waals surface area (Å²) < 4.78 is 17.0. The van der Waals surface area contributed by atoms with Crippen LogP contribution < -0.4 is 25.0 Å². The number of nitrogens with one attached hydrogen (secondary N) is 2. The van der Waals surface area contributed by atoms with Crippen LogP contribution in [0.2, 0.25) is 0 Å². The molecule has 0 saturated heterocycles. The average molecular weight is 520 g/mol. The molecular weight excluding hydrogens is 490 g/mol. The molecule has 0 aliphatic carbocycles. The summed E-state index contributed by atoms with van der Waals surface area (Å²) in [5.41, 5.74) is 3.72. The summed E-state index contributed by atoms with van der Waals surface area (Å²) in [4.78, 5) is 25.5. The molecule has 0 radical (unpaired) electrons. The van der Waals surface area contributed by atoms with Crippen molar-refractivity contribution in [3.8, 4) is 17.2 Å². The van der Waals surface area contributed by atoms with Gasteiger partial charge in [0.15, 0.2) is 11.5 Å². The molecule has 1 atom stereocenters. The van der Waals surface area contributed by atoms with E-state index >= 15 is 0 Å². The second-order valence-corrected chi connectivity index (χ2v) is 8.73. The number of amides is 2. The highest BCUT2D eigenvalue weighted by molar-refractivity contribution is 9.10. The Kier molecular flexibility index (Phi) is 9.72. The number of nitrogens with zero attached hydrogens (tertiary/aromatic N) is 1. The number of methoxy groups -OCH3 is 2. The zero-order valence-corrected chi connectivity index (χ0v) is 21.2. The van der Waals surface area contributed by atoms with Crippen LogP contribution in [-0.4, -0.2) is 38.4 Å². The van der Waals surface area contributed by atoms with Gasteiger partial charge in [-0.25, -0.2) is 5.43 Å². The maximum absolute atomic E-state index is 12.7. The van der Waals surface area contributed by atoms with E-state index in [2.05, 4.69) is 31.8 Å². The van der Waals surface area contributed by atoms with Crippen molar-refractivity contribution in [2.24, 2.45) is 16.9 Å². The SMILES string of the molecule is COc1ccc(NC(=O)C(C(=O)NN=Cc2cc(Br)c(OC(C)C)c(OC)c2)C(C)C)cc1. The molecule has 2 aromatic carbocycles. The number of benzene rings is 2. The molecule has 0 spiro atoms. The summed E-state index contributed by atoms with van der Waals surface area (Å²) in [6.07, 6.45) is 1.45. The van der Waals surface area contributed by atoms with E-state index in [1.165, 1.54) is 6.21 Å². The highest BCUT2D eigenvalue weighted by atomic mass is 79.9. The van der Waals surface area contributed by atoms with Gasteiger partial charge in [-0.05, 0) is 77.7 Å². The van der Waals surface area contributed by atoms with Crippen molar-refractivity contribution in [3.05, 3.63) is 46.4 Å². The lowest BCUT2D eigenvalue weighted by Gasteiger charge is -2.18. The third kappa shape index (κ3) is 7.49. The second-order valence-electron chi connectivity index (χ2n) is 7.87. The van der Waals surface area contributed by atoms with E-state index in [9.17, 15) is 9.59 Å². The van der Waals surface area contributed by atoms with Gasteiger partial charge in [-0.2, -0.15) is 5.10 Å². The van der Waals surface area contributed by atoms with Crippen LogP contribution in [0.25, 0.3) is 0 Å². The molecule has 8 nitrogen and oxygen atoms in total. The molecule has 0 aromatic heterocycles. The minimum atomic E-state index is -0.924. The first-order valence-corrected chi connectivity index (χ1v) is 11.3. The molecule has 0 aliphatic rings. The van der Waals surface area contributed by atoms with Crippen molar-refractivity contribution in [1.82, 2.24) is 5.43 Å². The number of anilines is 1. The Morgan fingerprint density at radius 2 is 1.67 bits per heavy atom. The van der Waals surface area contributed by atoms with E-state index in [4.69, 9.17) is 14.2 Å². The van der Waals surface area contributed by atoms with Crippen molar-refractivity contribution in [2.75, 3.05) is 19.5 Å². The number of carbonyl (C=O) groups is 2. The highest BCUT2D eigenvalue weighted by Gasteiger charge is 2.30. The van der Waals surface area contributed by atoms with Crippen molar-refractivity contribution in [2.45, 2.75) is 33.8 Å². The quantitative estimate of drug-likeness (QED) is 0.271. The maximum Gasteiger partial charge on any atom is 0.252 e. The van der Waals surface area contributed by atoms with Crippen molar-refractivity contribution in [3.63, 3.8) is 0 Å². The van der Waals surface area contributed by atoms with E-state index in [0.717, 1.165) is 0 Å². The van der Waals surface area contributed by atoms with Gasteiger partial charge in [-0.3, -0.25) is 9.59 Å². The van der Waals surface area contributed by atoms with Crippen LogP contribution in [0.5, 0.6) is 17.2 Å². The number of hydrogen-bond donors (Lipinski definition) is 2. The molecule has 178 valence electrons. The molecule has 2 N–H and O–H groups in total. The lowest BCUT2D eigenvalue weighted by atomic mass is 9.94. The molecule has 0 aliphatic heterocycles. The third-order valence-corrected chi connectivity index (χ3v) is 5.17. The molecule has 0 saturated carbocycles. The Bertz CT molecular complexity index is 990. The van der Waals surface area contributed by atoms with Gasteiger partial charge in [0.25, 0.3) is 5.91 Å². The van der Waals surface area contributed by atoms with Crippen molar-refractivity contribution in [1.29, 1.82) is 0 Å². The zero-order valence-electron chi connectivity index (χ0n) is 19.6. The fourth-order valence-corrected chi connectivity index (χ4v) is 3.58. The Labute approximate surface area is 202 Å². The van der Waals surface area contributed by atoms with E-state index < -0.39 is 17.7 Å². The Balaban J connectivity index is 2.09. The maximum atomic E-state index is 12.7. The Morgan fingerprint density at radius 3 is 2.21 bits per heavy atom. The highest BCUT2D eigenvalue weighted by Crippen LogP contribution is 2.37. The predicted octanol–water partition coefficient (Wildman–Crippen LogP) is 4.61. The van der Waals surface area contributed by atoms with Crippen molar-refractivity contribution < 1.29 is 23.8 Å². The molecule has 2 aromatic rings. The van der Waals surface area contributed by atoms with Crippen LogP contribution in [0.3, 0.4) is 0 Å². The molecular formula is C24H30BrN3O5. The number of rotatable bonds is 10. The zero-order chi connectivity index (χ0) is 24.5. The fraction of sp³-hybridized carbons (Fsp3) is 0.375. The molecule has 0 heterocycles. The van der Waals surface area contributed by atoms with Crippen LogP contribution >= 0.6 is 15.9 Å². The average Bonchev–Trinajstić information content (AvgIpc) is 2.75. The third-order valence-electron chi connectivity index (χ3n) is 4.58. The largest absolute Gasteiger partial charge is 0.497 e. The summed E-state index contributed by atoms with van der Waals surface area (Å²) >= 11 is 3.48. The van der Waals surface area contributed by atoms with Crippen LogP contribution in [0.4, 0.5) is 5.69 Å². The first-order chi connectivity index (χ1) is 15.7. The second kappa shape index (κ2) is 12.2. The van der Waals surface area contributed by atoms with E-state index in [-0.39, 0.29) is 12.0 Å². The first kappa shape index (κ1) is 26.2. The van der Waals surface area contributed by atoms with Gasteiger partial charge < -0.3 is 19.5 Å². The molecule has 2 amide bonds. The number of hydrazone groups is 1. The molecule has 9 heteroatoms. The molecule has 33 heavy (non-hydrogen) atoms. The lowest BCUT2D eigenvalue weighted by Crippen LogP contribution is -2.39. The summed E-state index contributed by atoms with van der Waals surface area (Å²) in [5.74, 6) is -0.283. The summed E-state index contributed by atoms with van der Waals surface area (Å²) in [6, 6.07) is 10.4.